The first kappa shape index (κ1) is 19.7. The second-order valence-corrected chi connectivity index (χ2v) is 7.39. The highest BCUT2D eigenvalue weighted by molar-refractivity contribution is 6.02. The predicted molar refractivity (Wildman–Crippen MR) is 115 cm³/mol. The Morgan fingerprint density at radius 3 is 2.33 bits per heavy atom. The lowest BCUT2D eigenvalue weighted by Gasteiger charge is -2.34. The molecule has 1 aliphatic rings. The molecule has 3 aromatic rings. The monoisotopic (exact) mass is 404 g/mol. The average Bonchev–Trinajstić information content (AvgIpc) is 3.21. The minimum atomic E-state index is -0.196. The maximum atomic E-state index is 12.9. The molecule has 3 amide bonds. The Kier molecular flexibility index (Phi) is 5.52. The number of rotatable bonds is 4. The summed E-state index contributed by atoms with van der Waals surface area (Å²) in [5.41, 5.74) is 1.22. The molecule has 1 N–H and O–H groups in total. The minimum Gasteiger partial charge on any atom is -0.339 e. The van der Waals surface area contributed by atoms with Crippen molar-refractivity contribution in [3.63, 3.8) is 0 Å². The second-order valence-electron chi connectivity index (χ2n) is 7.39. The van der Waals surface area contributed by atoms with E-state index in [9.17, 15) is 14.4 Å². The van der Waals surface area contributed by atoms with E-state index in [4.69, 9.17) is 0 Å². The molecule has 0 spiro atoms. The van der Waals surface area contributed by atoms with Crippen LogP contribution in [0.3, 0.4) is 0 Å². The summed E-state index contributed by atoms with van der Waals surface area (Å²) in [6, 6.07) is 17.1. The van der Waals surface area contributed by atoms with Gasteiger partial charge in [-0.25, -0.2) is 0 Å². The van der Waals surface area contributed by atoms with Crippen LogP contribution in [0.15, 0.2) is 60.8 Å². The zero-order valence-corrected chi connectivity index (χ0v) is 16.9. The third-order valence-electron chi connectivity index (χ3n) is 5.44. The number of nitrogens with one attached hydrogen (secondary N) is 1. The lowest BCUT2D eigenvalue weighted by molar-refractivity contribution is -0.130. The zero-order valence-electron chi connectivity index (χ0n) is 16.9. The fourth-order valence-electron chi connectivity index (χ4n) is 3.81. The maximum Gasteiger partial charge on any atom is 0.270 e. The summed E-state index contributed by atoms with van der Waals surface area (Å²) in [6.45, 7) is 3.63. The number of piperazine rings is 1. The van der Waals surface area contributed by atoms with Crippen LogP contribution in [0, 0.1) is 0 Å². The molecular formula is C23H24N4O3. The first-order valence-corrected chi connectivity index (χ1v) is 10.0. The number of hydrogen-bond acceptors (Lipinski definition) is 3. The van der Waals surface area contributed by atoms with Gasteiger partial charge in [-0.3, -0.25) is 14.4 Å². The van der Waals surface area contributed by atoms with Gasteiger partial charge in [0.15, 0.2) is 0 Å². The van der Waals surface area contributed by atoms with Gasteiger partial charge < -0.3 is 19.7 Å². The Labute approximate surface area is 174 Å². The van der Waals surface area contributed by atoms with E-state index < -0.39 is 0 Å². The van der Waals surface area contributed by atoms with Gasteiger partial charge in [0, 0.05) is 50.4 Å². The summed E-state index contributed by atoms with van der Waals surface area (Å²) in [6.07, 6.45) is 1.74. The van der Waals surface area contributed by atoms with Gasteiger partial charge in [0.1, 0.15) is 12.2 Å². The highest BCUT2D eigenvalue weighted by Crippen LogP contribution is 2.23. The lowest BCUT2D eigenvalue weighted by Crippen LogP contribution is -2.50. The molecule has 0 aliphatic carbocycles. The molecule has 30 heavy (non-hydrogen) atoms. The van der Waals surface area contributed by atoms with Crippen LogP contribution in [0.25, 0.3) is 10.8 Å². The highest BCUT2D eigenvalue weighted by Gasteiger charge is 2.25. The lowest BCUT2D eigenvalue weighted by atomic mass is 10.1. The molecular weight excluding hydrogens is 380 g/mol. The molecule has 2 aromatic carbocycles. The van der Waals surface area contributed by atoms with E-state index in [-0.39, 0.29) is 24.3 Å². The molecule has 0 radical (unpaired) electrons. The number of aromatic nitrogens is 1. The Morgan fingerprint density at radius 1 is 0.867 bits per heavy atom. The van der Waals surface area contributed by atoms with Gasteiger partial charge in [-0.15, -0.1) is 0 Å². The van der Waals surface area contributed by atoms with Crippen LogP contribution >= 0.6 is 0 Å². The summed E-state index contributed by atoms with van der Waals surface area (Å²) in [5.74, 6) is -0.297. The van der Waals surface area contributed by atoms with Gasteiger partial charge in [-0.05, 0) is 23.6 Å². The number of hydrogen-bond donors (Lipinski definition) is 1. The van der Waals surface area contributed by atoms with Gasteiger partial charge in [-0.2, -0.15) is 0 Å². The second kappa shape index (κ2) is 8.41. The predicted octanol–water partition coefficient (Wildman–Crippen LogP) is 2.58. The van der Waals surface area contributed by atoms with Crippen molar-refractivity contribution >= 4 is 34.2 Å². The Balaban J connectivity index is 1.44. The van der Waals surface area contributed by atoms with Gasteiger partial charge in [-0.1, -0.05) is 36.4 Å². The van der Waals surface area contributed by atoms with Crippen LogP contribution in [0.2, 0.25) is 0 Å². The Bertz CT molecular complexity index is 1090. The number of benzene rings is 2. The van der Waals surface area contributed by atoms with Crippen molar-refractivity contribution in [2.45, 2.75) is 13.5 Å². The van der Waals surface area contributed by atoms with Crippen molar-refractivity contribution in [1.29, 1.82) is 0 Å². The molecule has 1 saturated heterocycles. The number of carbonyl (C=O) groups excluding carboxylic acids is 3. The standard InChI is InChI=1S/C23H24N4O3/c1-17(28)25-12-14-26(15-13-25)23(30)21-10-5-11-27(21)16-22(29)24-20-9-4-7-18-6-2-3-8-19(18)20/h2-11H,12-16H2,1H3,(H,24,29). The van der Waals surface area contributed by atoms with Crippen molar-refractivity contribution in [2.75, 3.05) is 31.5 Å². The summed E-state index contributed by atoms with van der Waals surface area (Å²) in [4.78, 5) is 40.6. The Hall–Kier alpha value is -3.61. The largest absolute Gasteiger partial charge is 0.339 e. The van der Waals surface area contributed by atoms with Crippen molar-refractivity contribution in [2.24, 2.45) is 0 Å². The zero-order chi connectivity index (χ0) is 21.1. The Morgan fingerprint density at radius 2 is 1.57 bits per heavy atom. The van der Waals surface area contributed by atoms with Crippen molar-refractivity contribution in [1.82, 2.24) is 14.4 Å². The average molecular weight is 404 g/mol. The van der Waals surface area contributed by atoms with Gasteiger partial charge in [0.05, 0.1) is 0 Å². The highest BCUT2D eigenvalue weighted by atomic mass is 16.2. The first-order chi connectivity index (χ1) is 14.5. The summed E-state index contributed by atoms with van der Waals surface area (Å²) >= 11 is 0. The molecule has 4 rings (SSSR count). The molecule has 0 bridgehead atoms. The summed E-state index contributed by atoms with van der Waals surface area (Å²) in [5, 5.41) is 4.98. The molecule has 1 aromatic heterocycles. The number of anilines is 1. The summed E-state index contributed by atoms with van der Waals surface area (Å²) < 4.78 is 1.67. The molecule has 1 fully saturated rings. The van der Waals surface area contributed by atoms with Crippen LogP contribution in [0.4, 0.5) is 5.69 Å². The van der Waals surface area contributed by atoms with E-state index >= 15 is 0 Å². The van der Waals surface area contributed by atoms with E-state index in [0.29, 0.717) is 31.9 Å². The van der Waals surface area contributed by atoms with Crippen molar-refractivity contribution < 1.29 is 14.4 Å². The number of amides is 3. The molecule has 1 aliphatic heterocycles. The van der Waals surface area contributed by atoms with E-state index in [2.05, 4.69) is 5.32 Å². The van der Waals surface area contributed by atoms with E-state index in [1.807, 2.05) is 42.5 Å². The molecule has 0 unspecified atom stereocenters. The molecule has 7 heteroatoms. The third-order valence-corrected chi connectivity index (χ3v) is 5.44. The third kappa shape index (κ3) is 4.05. The van der Waals surface area contributed by atoms with Crippen LogP contribution in [-0.4, -0.2) is 58.3 Å². The van der Waals surface area contributed by atoms with E-state index in [1.165, 1.54) is 6.92 Å². The molecule has 0 saturated carbocycles. The van der Waals surface area contributed by atoms with Crippen LogP contribution < -0.4 is 5.32 Å². The smallest absolute Gasteiger partial charge is 0.270 e. The maximum absolute atomic E-state index is 12.9. The van der Waals surface area contributed by atoms with E-state index in [1.54, 1.807) is 32.7 Å². The van der Waals surface area contributed by atoms with Gasteiger partial charge >= 0.3 is 0 Å². The molecule has 154 valence electrons. The van der Waals surface area contributed by atoms with Gasteiger partial charge in [0.25, 0.3) is 5.91 Å². The van der Waals surface area contributed by atoms with E-state index in [0.717, 1.165) is 16.5 Å². The van der Waals surface area contributed by atoms with Crippen LogP contribution in [-0.2, 0) is 16.1 Å². The molecule has 7 nitrogen and oxygen atoms in total. The summed E-state index contributed by atoms with van der Waals surface area (Å²) in [7, 11) is 0. The fraction of sp³-hybridized carbons (Fsp3) is 0.261. The first-order valence-electron chi connectivity index (χ1n) is 10.0. The topological polar surface area (TPSA) is 74.7 Å². The normalized spacial score (nSPS) is 14.0. The van der Waals surface area contributed by atoms with Crippen LogP contribution in [0.5, 0.6) is 0 Å². The quantitative estimate of drug-likeness (QED) is 0.726. The SMILES string of the molecule is CC(=O)N1CCN(C(=O)c2cccn2CC(=O)Nc2cccc3ccccc23)CC1. The minimum absolute atomic E-state index is 0.0237. The fourth-order valence-corrected chi connectivity index (χ4v) is 3.81. The molecule has 0 atom stereocenters. The number of carbonyl (C=O) groups is 3. The van der Waals surface area contributed by atoms with Crippen molar-refractivity contribution in [3.8, 4) is 0 Å². The number of fused-ring (bicyclic) bond motifs is 1. The molecule has 2 heterocycles. The van der Waals surface area contributed by atoms with Crippen LogP contribution in [0.1, 0.15) is 17.4 Å². The van der Waals surface area contributed by atoms with Crippen molar-refractivity contribution in [3.05, 3.63) is 66.5 Å². The van der Waals surface area contributed by atoms with Gasteiger partial charge in [0.2, 0.25) is 11.8 Å². The number of nitrogens with zero attached hydrogens (tertiary/aromatic N) is 3.